The van der Waals surface area contributed by atoms with Crippen LogP contribution in [0.25, 0.3) is 0 Å². The van der Waals surface area contributed by atoms with Crippen LogP contribution in [0.2, 0.25) is 0 Å². The van der Waals surface area contributed by atoms with Crippen molar-refractivity contribution in [1.82, 2.24) is 4.31 Å². The van der Waals surface area contributed by atoms with Crippen LogP contribution in [0.15, 0.2) is 71.8 Å². The van der Waals surface area contributed by atoms with Gasteiger partial charge in [0.15, 0.2) is 0 Å². The van der Waals surface area contributed by atoms with Crippen LogP contribution in [0, 0.1) is 18.8 Å². The maximum Gasteiger partial charge on any atom is 0.264 e. The highest BCUT2D eigenvalue weighted by Crippen LogP contribution is 2.16. The summed E-state index contributed by atoms with van der Waals surface area (Å²) in [6.45, 7) is 3.35. The molecule has 5 heteroatoms. The highest BCUT2D eigenvalue weighted by Gasteiger charge is 2.20. The highest BCUT2D eigenvalue weighted by atomic mass is 32.2. The van der Waals surface area contributed by atoms with Gasteiger partial charge in [-0.3, -0.25) is 9.10 Å². The standard InChI is InChI=1S/C21H21NO3S/c1-18-12-14-21(15-13-18)26(24,25)22(16-6-8-19(2)23)17-7-11-20-9-4-3-5-10-20/h3-6,9-10,12-16H,8,17H2,1-2H3/b16-6+. The number of ketones is 1. The average molecular weight is 367 g/mol. The number of rotatable bonds is 6. The molecule has 0 saturated carbocycles. The fourth-order valence-electron chi connectivity index (χ4n) is 2.14. The number of benzene rings is 2. The summed E-state index contributed by atoms with van der Waals surface area (Å²) in [4.78, 5) is 11.3. The monoisotopic (exact) mass is 367 g/mol. The molecular formula is C21H21NO3S. The van der Waals surface area contributed by atoms with Crippen LogP contribution in [0.3, 0.4) is 0 Å². The summed E-state index contributed by atoms with van der Waals surface area (Å²) in [6, 6.07) is 16.0. The van der Waals surface area contributed by atoms with Crippen molar-refractivity contribution >= 4 is 15.8 Å². The summed E-state index contributed by atoms with van der Waals surface area (Å²) in [6.07, 6.45) is 3.13. The average Bonchev–Trinajstić information content (AvgIpc) is 2.61. The van der Waals surface area contributed by atoms with E-state index in [9.17, 15) is 13.2 Å². The Balaban J connectivity index is 2.28. The Bertz CT molecular complexity index is 934. The van der Waals surface area contributed by atoms with Crippen LogP contribution in [-0.2, 0) is 14.8 Å². The molecule has 0 aliphatic rings. The van der Waals surface area contributed by atoms with E-state index in [1.807, 2.05) is 37.3 Å². The molecule has 2 aromatic carbocycles. The molecule has 0 bridgehead atoms. The van der Waals surface area contributed by atoms with Gasteiger partial charge in [0.05, 0.1) is 11.4 Å². The third kappa shape index (κ3) is 5.61. The number of carbonyl (C=O) groups is 1. The van der Waals surface area contributed by atoms with E-state index in [0.29, 0.717) is 0 Å². The molecule has 0 unspecified atom stereocenters. The maximum atomic E-state index is 12.9. The van der Waals surface area contributed by atoms with E-state index in [4.69, 9.17) is 0 Å². The Morgan fingerprint density at radius 2 is 1.73 bits per heavy atom. The molecule has 0 atom stereocenters. The minimum absolute atomic E-state index is 0.000487. The van der Waals surface area contributed by atoms with E-state index in [0.717, 1.165) is 15.4 Å². The van der Waals surface area contributed by atoms with Crippen LogP contribution in [0.4, 0.5) is 0 Å². The molecule has 0 aliphatic carbocycles. The Morgan fingerprint density at radius 1 is 1.08 bits per heavy atom. The third-order valence-electron chi connectivity index (χ3n) is 3.55. The fraction of sp³-hybridized carbons (Fsp3) is 0.190. The highest BCUT2D eigenvalue weighted by molar-refractivity contribution is 7.89. The quantitative estimate of drug-likeness (QED) is 0.734. The smallest absolute Gasteiger partial charge is 0.264 e. The molecule has 2 rings (SSSR count). The lowest BCUT2D eigenvalue weighted by atomic mass is 10.2. The Hall–Kier alpha value is -2.84. The van der Waals surface area contributed by atoms with E-state index in [2.05, 4.69) is 11.8 Å². The topological polar surface area (TPSA) is 54.5 Å². The second kappa shape index (κ2) is 9.02. The zero-order valence-electron chi connectivity index (χ0n) is 14.8. The lowest BCUT2D eigenvalue weighted by molar-refractivity contribution is -0.116. The van der Waals surface area contributed by atoms with E-state index in [1.54, 1.807) is 24.3 Å². The molecule has 0 saturated heterocycles. The molecule has 0 aromatic heterocycles. The first-order valence-electron chi connectivity index (χ1n) is 8.18. The number of hydrogen-bond acceptors (Lipinski definition) is 3. The predicted molar refractivity (Wildman–Crippen MR) is 103 cm³/mol. The Morgan fingerprint density at radius 3 is 2.35 bits per heavy atom. The predicted octanol–water partition coefficient (Wildman–Crippen LogP) is 3.53. The second-order valence-corrected chi connectivity index (χ2v) is 7.71. The van der Waals surface area contributed by atoms with E-state index >= 15 is 0 Å². The van der Waals surface area contributed by atoms with Gasteiger partial charge in [0.2, 0.25) is 0 Å². The summed E-state index contributed by atoms with van der Waals surface area (Å²) < 4.78 is 26.9. The number of sulfonamides is 1. The van der Waals surface area contributed by atoms with Gasteiger partial charge < -0.3 is 0 Å². The van der Waals surface area contributed by atoms with Crippen LogP contribution >= 0.6 is 0 Å². The van der Waals surface area contributed by atoms with E-state index in [1.165, 1.54) is 19.2 Å². The summed E-state index contributed by atoms with van der Waals surface area (Å²) in [5, 5.41) is 0. The van der Waals surface area contributed by atoms with Gasteiger partial charge in [-0.2, -0.15) is 0 Å². The first kappa shape index (κ1) is 19.5. The normalized spacial score (nSPS) is 11.0. The first-order chi connectivity index (χ1) is 12.4. The molecule has 0 fully saturated rings. The molecule has 0 radical (unpaired) electrons. The van der Waals surface area contributed by atoms with Gasteiger partial charge in [0.25, 0.3) is 10.0 Å². The van der Waals surface area contributed by atoms with Gasteiger partial charge >= 0.3 is 0 Å². The zero-order chi connectivity index (χ0) is 19.0. The Labute approximate surface area is 155 Å². The zero-order valence-corrected chi connectivity index (χ0v) is 15.7. The van der Waals surface area contributed by atoms with Crippen LogP contribution < -0.4 is 0 Å². The van der Waals surface area contributed by atoms with Crippen LogP contribution in [0.1, 0.15) is 24.5 Å². The van der Waals surface area contributed by atoms with Crippen LogP contribution in [-0.4, -0.2) is 25.1 Å². The SMILES string of the molecule is CC(=O)C/C=C/N(CC#Cc1ccccc1)S(=O)(=O)c1ccc(C)cc1. The van der Waals surface area contributed by atoms with Crippen molar-refractivity contribution in [3.63, 3.8) is 0 Å². The molecule has 0 spiro atoms. The largest absolute Gasteiger partial charge is 0.300 e. The lowest BCUT2D eigenvalue weighted by Gasteiger charge is -2.18. The molecule has 2 aromatic rings. The summed E-state index contributed by atoms with van der Waals surface area (Å²) in [7, 11) is -3.74. The van der Waals surface area contributed by atoms with Crippen LogP contribution in [0.5, 0.6) is 0 Å². The van der Waals surface area contributed by atoms with Crippen molar-refractivity contribution in [3.8, 4) is 11.8 Å². The van der Waals surface area contributed by atoms with Crippen molar-refractivity contribution in [1.29, 1.82) is 0 Å². The molecule has 0 amide bonds. The third-order valence-corrected chi connectivity index (χ3v) is 5.28. The van der Waals surface area contributed by atoms with Gasteiger partial charge in [-0.25, -0.2) is 8.42 Å². The van der Waals surface area contributed by atoms with Gasteiger partial charge in [0, 0.05) is 18.2 Å². The van der Waals surface area contributed by atoms with Crippen molar-refractivity contribution in [2.45, 2.75) is 25.2 Å². The summed E-state index contributed by atoms with van der Waals surface area (Å²) in [5.41, 5.74) is 1.79. The molecule has 134 valence electrons. The number of aryl methyl sites for hydroxylation is 1. The lowest BCUT2D eigenvalue weighted by Crippen LogP contribution is -2.26. The number of allylic oxidation sites excluding steroid dienone is 1. The minimum atomic E-state index is -3.74. The number of Topliss-reactive ketones (excluding diaryl/α,β-unsaturated/α-hetero) is 1. The first-order valence-corrected chi connectivity index (χ1v) is 9.62. The molecular weight excluding hydrogens is 346 g/mol. The number of carbonyl (C=O) groups excluding carboxylic acids is 1. The van der Waals surface area contributed by atoms with Crippen molar-refractivity contribution in [3.05, 3.63) is 78.0 Å². The summed E-state index contributed by atoms with van der Waals surface area (Å²) >= 11 is 0. The molecule has 0 N–H and O–H groups in total. The summed E-state index contributed by atoms with van der Waals surface area (Å²) in [5.74, 6) is 5.80. The second-order valence-electron chi connectivity index (χ2n) is 5.82. The van der Waals surface area contributed by atoms with Gasteiger partial charge in [-0.15, -0.1) is 0 Å². The van der Waals surface area contributed by atoms with Gasteiger partial charge in [-0.05, 0) is 38.1 Å². The number of hydrogen-bond donors (Lipinski definition) is 0. The van der Waals surface area contributed by atoms with Gasteiger partial charge in [0.1, 0.15) is 5.78 Å². The van der Waals surface area contributed by atoms with E-state index in [-0.39, 0.29) is 23.6 Å². The van der Waals surface area contributed by atoms with Crippen molar-refractivity contribution < 1.29 is 13.2 Å². The molecule has 0 aliphatic heterocycles. The van der Waals surface area contributed by atoms with Gasteiger partial charge in [-0.1, -0.05) is 53.8 Å². The fourth-order valence-corrected chi connectivity index (χ4v) is 3.37. The number of nitrogens with zero attached hydrogens (tertiary/aromatic N) is 1. The van der Waals surface area contributed by atoms with E-state index < -0.39 is 10.0 Å². The molecule has 0 heterocycles. The van der Waals surface area contributed by atoms with Crippen molar-refractivity contribution in [2.24, 2.45) is 0 Å². The molecule has 4 nitrogen and oxygen atoms in total. The maximum absolute atomic E-state index is 12.9. The molecule has 26 heavy (non-hydrogen) atoms. The Kier molecular flexibility index (Phi) is 6.76. The minimum Gasteiger partial charge on any atom is -0.300 e. The van der Waals surface area contributed by atoms with Crippen molar-refractivity contribution in [2.75, 3.05) is 6.54 Å².